The molecule has 2 rings (SSSR count). The molecule has 1 amide bonds. The Bertz CT molecular complexity index is 634. The van der Waals surface area contributed by atoms with Gasteiger partial charge in [-0.15, -0.1) is 0 Å². The molecule has 6 heteroatoms. The highest BCUT2D eigenvalue weighted by atomic mass is 35.7. The Morgan fingerprint density at radius 3 is 2.30 bits per heavy atom. The van der Waals surface area contributed by atoms with Crippen molar-refractivity contribution in [3.05, 3.63) is 28.8 Å². The maximum atomic E-state index is 12.4. The van der Waals surface area contributed by atoms with Crippen molar-refractivity contribution < 1.29 is 13.2 Å². The van der Waals surface area contributed by atoms with E-state index in [0.717, 1.165) is 37.9 Å². The first kappa shape index (κ1) is 15.3. The maximum Gasteiger partial charge on any atom is 0.261 e. The van der Waals surface area contributed by atoms with Crippen LogP contribution in [0.25, 0.3) is 0 Å². The number of halogens is 1. The summed E-state index contributed by atoms with van der Waals surface area (Å²) in [5.41, 5.74) is 1.75. The average Bonchev–Trinajstić information content (AvgIpc) is 2.40. The van der Waals surface area contributed by atoms with Crippen molar-refractivity contribution in [2.45, 2.75) is 38.0 Å². The summed E-state index contributed by atoms with van der Waals surface area (Å²) in [7, 11) is 1.60. The lowest BCUT2D eigenvalue weighted by Gasteiger charge is -2.27. The van der Waals surface area contributed by atoms with Gasteiger partial charge in [0, 0.05) is 29.3 Å². The van der Waals surface area contributed by atoms with Gasteiger partial charge in [-0.25, -0.2) is 8.42 Å². The summed E-state index contributed by atoms with van der Waals surface area (Å²) >= 11 is 0. The van der Waals surface area contributed by atoms with Gasteiger partial charge < -0.3 is 4.90 Å². The normalized spacial score (nSPS) is 16.2. The maximum absolute atomic E-state index is 12.4. The van der Waals surface area contributed by atoms with Crippen molar-refractivity contribution in [2.75, 3.05) is 13.1 Å². The molecule has 1 aliphatic heterocycles. The molecule has 0 spiro atoms. The molecule has 1 aliphatic rings. The van der Waals surface area contributed by atoms with E-state index in [4.69, 9.17) is 10.7 Å². The van der Waals surface area contributed by atoms with E-state index in [1.54, 1.807) is 24.8 Å². The van der Waals surface area contributed by atoms with E-state index in [0.29, 0.717) is 11.1 Å². The lowest BCUT2D eigenvalue weighted by atomic mass is 10.0. The molecule has 1 aromatic carbocycles. The molecule has 4 nitrogen and oxygen atoms in total. The number of amides is 1. The van der Waals surface area contributed by atoms with Gasteiger partial charge in [-0.05, 0) is 56.4 Å². The summed E-state index contributed by atoms with van der Waals surface area (Å²) in [6.07, 6.45) is 3.13. The molecule has 20 heavy (non-hydrogen) atoms. The largest absolute Gasteiger partial charge is 0.339 e. The van der Waals surface area contributed by atoms with E-state index in [1.165, 1.54) is 6.07 Å². The molecule has 0 unspecified atom stereocenters. The van der Waals surface area contributed by atoms with Crippen LogP contribution >= 0.6 is 10.7 Å². The van der Waals surface area contributed by atoms with Gasteiger partial charge in [-0.1, -0.05) is 0 Å². The molecule has 0 saturated carbocycles. The third kappa shape index (κ3) is 3.15. The predicted octanol–water partition coefficient (Wildman–Crippen LogP) is 2.86. The minimum atomic E-state index is -3.84. The highest BCUT2D eigenvalue weighted by molar-refractivity contribution is 8.13. The fourth-order valence-corrected chi connectivity index (χ4v) is 3.76. The van der Waals surface area contributed by atoms with Crippen molar-refractivity contribution in [1.82, 2.24) is 4.90 Å². The number of aryl methyl sites for hydroxylation is 1. The second-order valence-electron chi connectivity index (χ2n) is 5.21. The second-order valence-corrected chi connectivity index (χ2v) is 7.74. The number of hydrogen-bond donors (Lipinski definition) is 0. The lowest BCUT2D eigenvalue weighted by Crippen LogP contribution is -2.35. The molecule has 1 saturated heterocycles. The number of likely N-dealkylation sites (tertiary alicyclic amines) is 1. The Hall–Kier alpha value is -1.07. The number of piperidine rings is 1. The summed E-state index contributed by atoms with van der Waals surface area (Å²) in [6, 6.07) is 3.12. The Morgan fingerprint density at radius 2 is 1.75 bits per heavy atom. The molecule has 1 aromatic rings. The van der Waals surface area contributed by atoms with Gasteiger partial charge in [0.25, 0.3) is 15.0 Å². The zero-order chi connectivity index (χ0) is 14.9. The molecule has 1 heterocycles. The summed E-state index contributed by atoms with van der Waals surface area (Å²) < 4.78 is 23.2. The lowest BCUT2D eigenvalue weighted by molar-refractivity contribution is 0.0724. The first-order valence-corrected chi connectivity index (χ1v) is 8.97. The van der Waals surface area contributed by atoms with Gasteiger partial charge in [0.15, 0.2) is 0 Å². The number of nitrogens with zero attached hydrogens (tertiary/aromatic N) is 1. The zero-order valence-corrected chi connectivity index (χ0v) is 13.2. The van der Waals surface area contributed by atoms with Crippen molar-refractivity contribution >= 4 is 25.6 Å². The quantitative estimate of drug-likeness (QED) is 0.789. The van der Waals surface area contributed by atoms with Gasteiger partial charge in [-0.3, -0.25) is 4.79 Å². The first-order chi connectivity index (χ1) is 9.30. The number of carbonyl (C=O) groups excluding carboxylic acids is 1. The third-order valence-corrected chi connectivity index (χ3v) is 5.22. The molecular weight excluding hydrogens is 298 g/mol. The molecule has 0 aliphatic carbocycles. The monoisotopic (exact) mass is 315 g/mol. The van der Waals surface area contributed by atoms with Crippen LogP contribution in [0.4, 0.5) is 0 Å². The van der Waals surface area contributed by atoms with Crippen LogP contribution in [0.5, 0.6) is 0 Å². The SMILES string of the molecule is Cc1cc(C(=O)N2CCCCC2)cc(S(=O)(=O)Cl)c1C. The topological polar surface area (TPSA) is 54.5 Å². The van der Waals surface area contributed by atoms with E-state index in [1.807, 2.05) is 0 Å². The molecular formula is C14H18ClNO3S. The van der Waals surface area contributed by atoms with Crippen molar-refractivity contribution in [2.24, 2.45) is 0 Å². The minimum absolute atomic E-state index is 0.0273. The van der Waals surface area contributed by atoms with Crippen LogP contribution in [0.3, 0.4) is 0 Å². The fourth-order valence-electron chi connectivity index (χ4n) is 2.48. The highest BCUT2D eigenvalue weighted by Gasteiger charge is 2.22. The second kappa shape index (κ2) is 5.74. The smallest absolute Gasteiger partial charge is 0.261 e. The Labute approximate surface area is 124 Å². The molecule has 0 N–H and O–H groups in total. The van der Waals surface area contributed by atoms with E-state index >= 15 is 0 Å². The van der Waals surface area contributed by atoms with Gasteiger partial charge in [0.05, 0.1) is 4.90 Å². The number of hydrogen-bond acceptors (Lipinski definition) is 3. The number of rotatable bonds is 2. The van der Waals surface area contributed by atoms with E-state index in [2.05, 4.69) is 0 Å². The fraction of sp³-hybridized carbons (Fsp3) is 0.500. The van der Waals surface area contributed by atoms with Gasteiger partial charge in [0.2, 0.25) is 0 Å². The Kier molecular flexibility index (Phi) is 4.39. The van der Waals surface area contributed by atoms with Crippen LogP contribution in [-0.2, 0) is 9.05 Å². The number of carbonyl (C=O) groups is 1. The molecule has 0 bridgehead atoms. The molecule has 0 aromatic heterocycles. The summed E-state index contributed by atoms with van der Waals surface area (Å²) in [4.78, 5) is 14.2. The van der Waals surface area contributed by atoms with Crippen molar-refractivity contribution in [3.8, 4) is 0 Å². The summed E-state index contributed by atoms with van der Waals surface area (Å²) in [5.74, 6) is -0.116. The van der Waals surface area contributed by atoms with Gasteiger partial charge in [-0.2, -0.15) is 0 Å². The van der Waals surface area contributed by atoms with E-state index < -0.39 is 9.05 Å². The van der Waals surface area contributed by atoms with E-state index in [9.17, 15) is 13.2 Å². The summed E-state index contributed by atoms with van der Waals surface area (Å²) in [6.45, 7) is 4.94. The van der Waals surface area contributed by atoms with Crippen LogP contribution in [0, 0.1) is 13.8 Å². The first-order valence-electron chi connectivity index (χ1n) is 6.66. The van der Waals surface area contributed by atoms with Crippen LogP contribution in [0.15, 0.2) is 17.0 Å². The Morgan fingerprint density at radius 1 is 1.15 bits per heavy atom. The minimum Gasteiger partial charge on any atom is -0.339 e. The zero-order valence-electron chi connectivity index (χ0n) is 11.6. The molecule has 1 fully saturated rings. The van der Waals surface area contributed by atoms with Crippen molar-refractivity contribution in [3.63, 3.8) is 0 Å². The predicted molar refractivity (Wildman–Crippen MR) is 78.7 cm³/mol. The van der Waals surface area contributed by atoms with Gasteiger partial charge in [0.1, 0.15) is 0 Å². The standard InChI is InChI=1S/C14H18ClNO3S/c1-10-8-12(9-13(11(10)2)20(15,18)19)14(17)16-6-4-3-5-7-16/h8-9H,3-7H2,1-2H3. The highest BCUT2D eigenvalue weighted by Crippen LogP contribution is 2.25. The van der Waals surface area contributed by atoms with Crippen LogP contribution < -0.4 is 0 Å². The van der Waals surface area contributed by atoms with Crippen molar-refractivity contribution in [1.29, 1.82) is 0 Å². The molecule has 0 atom stereocenters. The average molecular weight is 316 g/mol. The number of benzene rings is 1. The van der Waals surface area contributed by atoms with Crippen LogP contribution in [0.1, 0.15) is 40.7 Å². The van der Waals surface area contributed by atoms with Gasteiger partial charge >= 0.3 is 0 Å². The third-order valence-electron chi connectivity index (χ3n) is 3.77. The van der Waals surface area contributed by atoms with E-state index in [-0.39, 0.29) is 10.8 Å². The Balaban J connectivity index is 2.42. The van der Waals surface area contributed by atoms with Crippen LogP contribution in [0.2, 0.25) is 0 Å². The van der Waals surface area contributed by atoms with Crippen LogP contribution in [-0.4, -0.2) is 32.3 Å². The molecule has 0 radical (unpaired) electrons. The molecule has 110 valence electrons. The summed E-state index contributed by atoms with van der Waals surface area (Å²) in [5, 5.41) is 0.